The van der Waals surface area contributed by atoms with Gasteiger partial charge in [-0.15, -0.1) is 0 Å². The normalized spacial score (nSPS) is 15.8. The molecule has 0 bridgehead atoms. The lowest BCUT2D eigenvalue weighted by molar-refractivity contribution is -0.126. The Balaban J connectivity index is 1.46. The van der Waals surface area contributed by atoms with Gasteiger partial charge < -0.3 is 20.3 Å². The third kappa shape index (κ3) is 6.57. The zero-order chi connectivity index (χ0) is 22.2. The Labute approximate surface area is 182 Å². The number of rotatable bonds is 9. The van der Waals surface area contributed by atoms with E-state index in [-0.39, 0.29) is 36.7 Å². The van der Waals surface area contributed by atoms with Crippen LogP contribution >= 0.6 is 0 Å². The molecule has 2 aromatic carbocycles. The third-order valence-corrected chi connectivity index (χ3v) is 5.03. The van der Waals surface area contributed by atoms with Crippen molar-refractivity contribution in [3.8, 4) is 5.75 Å². The summed E-state index contributed by atoms with van der Waals surface area (Å²) in [7, 11) is 0. The summed E-state index contributed by atoms with van der Waals surface area (Å²) in [5.41, 5.74) is 1.73. The number of carbonyl (C=O) groups is 3. The molecule has 0 aromatic heterocycles. The Morgan fingerprint density at radius 1 is 1.06 bits per heavy atom. The zero-order valence-electron chi connectivity index (χ0n) is 18.0. The highest BCUT2D eigenvalue weighted by Crippen LogP contribution is 2.27. The van der Waals surface area contributed by atoms with E-state index in [4.69, 9.17) is 4.74 Å². The van der Waals surface area contributed by atoms with Gasteiger partial charge in [0, 0.05) is 31.7 Å². The molecular formula is C24H29N3O4. The monoisotopic (exact) mass is 423 g/mol. The van der Waals surface area contributed by atoms with Crippen LogP contribution in [0.4, 0.5) is 5.69 Å². The maximum atomic E-state index is 12.4. The second kappa shape index (κ2) is 10.6. The number of nitrogens with zero attached hydrogens (tertiary/aromatic N) is 1. The summed E-state index contributed by atoms with van der Waals surface area (Å²) in [6.45, 7) is 5.39. The number of carbonyl (C=O) groups excluding carboxylic acids is 3. The molecule has 1 unspecified atom stereocenters. The second-order valence-corrected chi connectivity index (χ2v) is 8.09. The van der Waals surface area contributed by atoms with Gasteiger partial charge in [0.15, 0.2) is 6.61 Å². The van der Waals surface area contributed by atoms with Crippen LogP contribution in [0.1, 0.15) is 25.8 Å². The topological polar surface area (TPSA) is 87.7 Å². The number of hydrogen-bond donors (Lipinski definition) is 2. The Bertz CT molecular complexity index is 897. The van der Waals surface area contributed by atoms with Crippen LogP contribution in [0.25, 0.3) is 0 Å². The molecule has 2 aromatic rings. The lowest BCUT2D eigenvalue weighted by atomic mass is 10.1. The molecule has 0 radical (unpaired) electrons. The van der Waals surface area contributed by atoms with Crippen LogP contribution < -0.4 is 20.3 Å². The average Bonchev–Trinajstić information content (AvgIpc) is 3.17. The van der Waals surface area contributed by atoms with Crippen LogP contribution in [-0.2, 0) is 20.9 Å². The molecule has 1 heterocycles. The molecule has 1 fully saturated rings. The molecule has 0 aliphatic carbocycles. The summed E-state index contributed by atoms with van der Waals surface area (Å²) in [5, 5.41) is 5.71. The molecule has 1 atom stereocenters. The van der Waals surface area contributed by atoms with Crippen molar-refractivity contribution in [1.82, 2.24) is 10.6 Å². The molecule has 31 heavy (non-hydrogen) atoms. The van der Waals surface area contributed by atoms with Gasteiger partial charge in [0.25, 0.3) is 5.91 Å². The fourth-order valence-electron chi connectivity index (χ4n) is 3.30. The van der Waals surface area contributed by atoms with Crippen molar-refractivity contribution in [2.24, 2.45) is 11.8 Å². The number of ether oxygens (including phenoxy) is 1. The lowest BCUT2D eigenvalue weighted by Gasteiger charge is -2.17. The maximum Gasteiger partial charge on any atom is 0.258 e. The predicted octanol–water partition coefficient (Wildman–Crippen LogP) is 2.51. The summed E-state index contributed by atoms with van der Waals surface area (Å²) in [4.78, 5) is 38.2. The minimum atomic E-state index is -0.338. The van der Waals surface area contributed by atoms with Gasteiger partial charge in [0.1, 0.15) is 5.75 Å². The standard InChI is InChI=1S/C24H29N3O4/c1-17(2)13-26-24(30)19-12-23(29)27(15-19)20-8-10-21(11-9-20)31-16-22(28)25-14-18-6-4-3-5-7-18/h3-11,17,19H,12-16H2,1-2H3,(H,25,28)(H,26,30). The number of amides is 3. The predicted molar refractivity (Wildman–Crippen MR) is 119 cm³/mol. The third-order valence-electron chi connectivity index (χ3n) is 5.03. The molecule has 1 aliphatic rings. The van der Waals surface area contributed by atoms with E-state index < -0.39 is 0 Å². The summed E-state index contributed by atoms with van der Waals surface area (Å²) < 4.78 is 5.53. The van der Waals surface area contributed by atoms with E-state index in [2.05, 4.69) is 10.6 Å². The summed E-state index contributed by atoms with van der Waals surface area (Å²) in [6.07, 6.45) is 0.212. The van der Waals surface area contributed by atoms with E-state index in [1.165, 1.54) is 0 Å². The lowest BCUT2D eigenvalue weighted by Crippen LogP contribution is -2.35. The number of hydrogen-bond acceptors (Lipinski definition) is 4. The van der Waals surface area contributed by atoms with Gasteiger partial charge >= 0.3 is 0 Å². The van der Waals surface area contributed by atoms with Crippen molar-refractivity contribution in [3.05, 3.63) is 60.2 Å². The van der Waals surface area contributed by atoms with Gasteiger partial charge in [-0.25, -0.2) is 0 Å². The molecule has 7 heteroatoms. The second-order valence-electron chi connectivity index (χ2n) is 8.09. The van der Waals surface area contributed by atoms with E-state index in [1.54, 1.807) is 29.2 Å². The van der Waals surface area contributed by atoms with Crippen LogP contribution in [0.15, 0.2) is 54.6 Å². The van der Waals surface area contributed by atoms with Crippen LogP contribution in [0.3, 0.4) is 0 Å². The highest BCUT2D eigenvalue weighted by molar-refractivity contribution is 6.00. The molecule has 1 saturated heterocycles. The van der Waals surface area contributed by atoms with E-state index >= 15 is 0 Å². The number of nitrogens with one attached hydrogen (secondary N) is 2. The van der Waals surface area contributed by atoms with Crippen molar-refractivity contribution < 1.29 is 19.1 Å². The van der Waals surface area contributed by atoms with E-state index in [0.717, 1.165) is 5.56 Å². The Morgan fingerprint density at radius 2 is 1.77 bits per heavy atom. The first-order chi connectivity index (χ1) is 14.9. The Morgan fingerprint density at radius 3 is 2.45 bits per heavy atom. The van der Waals surface area contributed by atoms with E-state index in [0.29, 0.717) is 37.0 Å². The number of benzene rings is 2. The molecule has 7 nitrogen and oxygen atoms in total. The molecule has 2 N–H and O–H groups in total. The maximum absolute atomic E-state index is 12.4. The Hall–Kier alpha value is -3.35. The fraction of sp³-hybridized carbons (Fsp3) is 0.375. The van der Waals surface area contributed by atoms with Gasteiger partial charge in [-0.3, -0.25) is 14.4 Å². The van der Waals surface area contributed by atoms with Crippen LogP contribution in [-0.4, -0.2) is 37.4 Å². The van der Waals surface area contributed by atoms with Crippen LogP contribution in [0.5, 0.6) is 5.75 Å². The Kier molecular flexibility index (Phi) is 7.65. The average molecular weight is 424 g/mol. The molecule has 0 saturated carbocycles. The van der Waals surface area contributed by atoms with Gasteiger partial charge in [-0.2, -0.15) is 0 Å². The highest BCUT2D eigenvalue weighted by atomic mass is 16.5. The summed E-state index contributed by atoms with van der Waals surface area (Å²) in [5.74, 6) is 0.208. The SMILES string of the molecule is CC(C)CNC(=O)C1CC(=O)N(c2ccc(OCC(=O)NCc3ccccc3)cc2)C1. The van der Waals surface area contributed by atoms with Crippen molar-refractivity contribution >= 4 is 23.4 Å². The first-order valence-electron chi connectivity index (χ1n) is 10.5. The smallest absolute Gasteiger partial charge is 0.258 e. The van der Waals surface area contributed by atoms with Crippen molar-refractivity contribution in [2.75, 3.05) is 24.6 Å². The quantitative estimate of drug-likeness (QED) is 0.649. The van der Waals surface area contributed by atoms with E-state index in [9.17, 15) is 14.4 Å². The van der Waals surface area contributed by atoms with Gasteiger partial charge in [0.2, 0.25) is 11.8 Å². The molecule has 3 amide bonds. The highest BCUT2D eigenvalue weighted by Gasteiger charge is 2.35. The van der Waals surface area contributed by atoms with Crippen LogP contribution in [0.2, 0.25) is 0 Å². The summed E-state index contributed by atoms with van der Waals surface area (Å²) in [6, 6.07) is 16.6. The van der Waals surface area contributed by atoms with Gasteiger partial charge in [0.05, 0.1) is 5.92 Å². The van der Waals surface area contributed by atoms with E-state index in [1.807, 2.05) is 44.2 Å². The molecular weight excluding hydrogens is 394 g/mol. The van der Waals surface area contributed by atoms with Crippen LogP contribution in [0, 0.1) is 11.8 Å². The van der Waals surface area contributed by atoms with Crippen molar-refractivity contribution in [1.29, 1.82) is 0 Å². The molecule has 3 rings (SSSR count). The minimum absolute atomic E-state index is 0.0707. The van der Waals surface area contributed by atoms with Crippen molar-refractivity contribution in [2.45, 2.75) is 26.8 Å². The minimum Gasteiger partial charge on any atom is -0.484 e. The molecule has 1 aliphatic heterocycles. The number of anilines is 1. The molecule has 164 valence electrons. The molecule has 0 spiro atoms. The largest absolute Gasteiger partial charge is 0.484 e. The van der Waals surface area contributed by atoms with Gasteiger partial charge in [-0.05, 0) is 35.7 Å². The van der Waals surface area contributed by atoms with Crippen molar-refractivity contribution in [3.63, 3.8) is 0 Å². The first-order valence-corrected chi connectivity index (χ1v) is 10.5. The fourth-order valence-corrected chi connectivity index (χ4v) is 3.30. The van der Waals surface area contributed by atoms with Gasteiger partial charge in [-0.1, -0.05) is 44.2 Å². The first kappa shape index (κ1) is 22.3. The summed E-state index contributed by atoms with van der Waals surface area (Å²) >= 11 is 0. The zero-order valence-corrected chi connectivity index (χ0v) is 18.0.